The maximum atomic E-state index is 13.5. The molecular weight excluding hydrogens is 275 g/mol. The van der Waals surface area contributed by atoms with Crippen molar-refractivity contribution in [2.45, 2.75) is 0 Å². The maximum absolute atomic E-state index is 13.5. The summed E-state index contributed by atoms with van der Waals surface area (Å²) in [4.78, 5) is 14.1. The lowest BCUT2D eigenvalue weighted by Crippen LogP contribution is -2.36. The van der Waals surface area contributed by atoms with Crippen molar-refractivity contribution in [2.24, 2.45) is 0 Å². The summed E-state index contributed by atoms with van der Waals surface area (Å²) in [6.45, 7) is 2.64. The second-order valence-corrected chi connectivity index (χ2v) is 4.69. The number of anilines is 2. The van der Waals surface area contributed by atoms with Gasteiger partial charge >= 0.3 is 0 Å². The second-order valence-electron chi connectivity index (χ2n) is 4.69. The van der Waals surface area contributed by atoms with Gasteiger partial charge in [-0.25, -0.2) is 4.39 Å². The number of benzene rings is 1. The van der Waals surface area contributed by atoms with Gasteiger partial charge in [0, 0.05) is 13.1 Å². The lowest BCUT2D eigenvalue weighted by molar-refractivity contribution is 0.0996. The van der Waals surface area contributed by atoms with Crippen LogP contribution in [0.4, 0.5) is 15.8 Å². The third-order valence-electron chi connectivity index (χ3n) is 3.30. The number of amides is 1. The van der Waals surface area contributed by atoms with Crippen LogP contribution in [-0.2, 0) is 4.74 Å². The van der Waals surface area contributed by atoms with Crippen LogP contribution >= 0.6 is 0 Å². The standard InChI is InChI=1S/C15H15FN2O3/c16-11-3-4-13(18-5-8-20-9-6-18)12(10-11)17-15(19)14-2-1-7-21-14/h1-4,7,10H,5-6,8-9H2,(H,17,19). The molecule has 1 aromatic heterocycles. The predicted octanol–water partition coefficient (Wildman–Crippen LogP) is 2.51. The van der Waals surface area contributed by atoms with Gasteiger partial charge in [0.2, 0.25) is 0 Å². The number of nitrogens with zero attached hydrogens (tertiary/aromatic N) is 1. The molecular formula is C15H15FN2O3. The first kappa shape index (κ1) is 13.6. The first-order chi connectivity index (χ1) is 10.2. The highest BCUT2D eigenvalue weighted by molar-refractivity contribution is 6.04. The number of carbonyl (C=O) groups is 1. The molecule has 0 atom stereocenters. The van der Waals surface area contributed by atoms with Crippen LogP contribution in [0.15, 0.2) is 41.0 Å². The summed E-state index contributed by atoms with van der Waals surface area (Å²) in [6.07, 6.45) is 1.42. The molecule has 1 N–H and O–H groups in total. The number of morpholine rings is 1. The van der Waals surface area contributed by atoms with Crippen molar-refractivity contribution in [3.63, 3.8) is 0 Å². The number of nitrogens with one attached hydrogen (secondary N) is 1. The number of halogens is 1. The molecule has 0 radical (unpaired) electrons. The minimum atomic E-state index is -0.403. The van der Waals surface area contributed by atoms with Gasteiger partial charge in [-0.05, 0) is 30.3 Å². The van der Waals surface area contributed by atoms with Crippen LogP contribution in [0.2, 0.25) is 0 Å². The summed E-state index contributed by atoms with van der Waals surface area (Å²) in [5.74, 6) is -0.617. The van der Waals surface area contributed by atoms with Crippen molar-refractivity contribution in [1.29, 1.82) is 0 Å². The molecule has 6 heteroatoms. The van der Waals surface area contributed by atoms with Gasteiger partial charge in [0.15, 0.2) is 5.76 Å². The highest BCUT2D eigenvalue weighted by atomic mass is 19.1. The van der Waals surface area contributed by atoms with E-state index in [9.17, 15) is 9.18 Å². The average Bonchev–Trinajstić information content (AvgIpc) is 3.03. The summed E-state index contributed by atoms with van der Waals surface area (Å²) >= 11 is 0. The Labute approximate surface area is 121 Å². The summed E-state index contributed by atoms with van der Waals surface area (Å²) in [5, 5.41) is 2.70. The molecule has 110 valence electrons. The second kappa shape index (κ2) is 5.97. The fourth-order valence-corrected chi connectivity index (χ4v) is 2.28. The summed E-state index contributed by atoms with van der Waals surface area (Å²) < 4.78 is 23.8. The Hall–Kier alpha value is -2.34. The Kier molecular flexibility index (Phi) is 3.87. The normalized spacial score (nSPS) is 15.0. The number of rotatable bonds is 3. The van der Waals surface area contributed by atoms with E-state index >= 15 is 0 Å². The van der Waals surface area contributed by atoms with Crippen molar-refractivity contribution >= 4 is 17.3 Å². The molecule has 1 aromatic carbocycles. The van der Waals surface area contributed by atoms with Crippen LogP contribution in [0.3, 0.4) is 0 Å². The lowest BCUT2D eigenvalue weighted by atomic mass is 10.2. The maximum Gasteiger partial charge on any atom is 0.291 e. The van der Waals surface area contributed by atoms with Crippen molar-refractivity contribution in [3.05, 3.63) is 48.2 Å². The first-order valence-corrected chi connectivity index (χ1v) is 6.71. The monoisotopic (exact) mass is 290 g/mol. The quantitative estimate of drug-likeness (QED) is 0.943. The van der Waals surface area contributed by atoms with Gasteiger partial charge < -0.3 is 19.4 Å². The number of furan rings is 1. The fourth-order valence-electron chi connectivity index (χ4n) is 2.28. The van der Waals surface area contributed by atoms with Crippen LogP contribution in [0.5, 0.6) is 0 Å². The molecule has 2 aromatic rings. The molecule has 0 unspecified atom stereocenters. The zero-order chi connectivity index (χ0) is 14.7. The van der Waals surface area contributed by atoms with Gasteiger partial charge in [-0.1, -0.05) is 0 Å². The largest absolute Gasteiger partial charge is 0.459 e. The van der Waals surface area contributed by atoms with Crippen molar-refractivity contribution in [3.8, 4) is 0 Å². The van der Waals surface area contributed by atoms with Crippen LogP contribution in [0.25, 0.3) is 0 Å². The van der Waals surface area contributed by atoms with E-state index in [-0.39, 0.29) is 5.76 Å². The summed E-state index contributed by atoms with van der Waals surface area (Å²) in [5.41, 5.74) is 1.21. The molecule has 2 heterocycles. The first-order valence-electron chi connectivity index (χ1n) is 6.71. The number of hydrogen-bond acceptors (Lipinski definition) is 4. The van der Waals surface area contributed by atoms with E-state index in [4.69, 9.17) is 9.15 Å². The Morgan fingerprint density at radius 1 is 1.24 bits per heavy atom. The third-order valence-corrected chi connectivity index (χ3v) is 3.30. The lowest BCUT2D eigenvalue weighted by Gasteiger charge is -2.30. The molecule has 0 saturated carbocycles. The highest BCUT2D eigenvalue weighted by Gasteiger charge is 2.18. The van der Waals surface area contributed by atoms with Crippen molar-refractivity contribution in [2.75, 3.05) is 36.5 Å². The van der Waals surface area contributed by atoms with E-state index in [1.165, 1.54) is 18.4 Å². The molecule has 1 amide bonds. The molecule has 0 spiro atoms. The molecule has 1 saturated heterocycles. The smallest absolute Gasteiger partial charge is 0.291 e. The van der Waals surface area contributed by atoms with Gasteiger partial charge in [0.1, 0.15) is 5.82 Å². The molecule has 0 aliphatic carbocycles. The molecule has 1 aliphatic rings. The molecule has 3 rings (SSSR count). The number of ether oxygens (including phenoxy) is 1. The van der Waals surface area contributed by atoms with Gasteiger partial charge in [-0.2, -0.15) is 0 Å². The van der Waals surface area contributed by atoms with Crippen molar-refractivity contribution in [1.82, 2.24) is 0 Å². The van der Waals surface area contributed by atoms with E-state index in [1.54, 1.807) is 18.2 Å². The summed E-state index contributed by atoms with van der Waals surface area (Å²) in [7, 11) is 0. The van der Waals surface area contributed by atoms with Crippen LogP contribution < -0.4 is 10.2 Å². The van der Waals surface area contributed by atoms with Crippen molar-refractivity contribution < 1.29 is 18.3 Å². The average molecular weight is 290 g/mol. The van der Waals surface area contributed by atoms with E-state index < -0.39 is 11.7 Å². The van der Waals surface area contributed by atoms with E-state index in [2.05, 4.69) is 10.2 Å². The van der Waals surface area contributed by atoms with Gasteiger partial charge in [0.05, 0.1) is 30.9 Å². The molecule has 5 nitrogen and oxygen atoms in total. The number of carbonyl (C=O) groups excluding carboxylic acids is 1. The molecule has 1 aliphatic heterocycles. The van der Waals surface area contributed by atoms with Crippen LogP contribution in [0.1, 0.15) is 10.6 Å². The Balaban J connectivity index is 1.85. The Morgan fingerprint density at radius 2 is 2.05 bits per heavy atom. The predicted molar refractivity (Wildman–Crippen MR) is 76.1 cm³/mol. The topological polar surface area (TPSA) is 54.7 Å². The Morgan fingerprint density at radius 3 is 2.76 bits per heavy atom. The molecule has 1 fully saturated rings. The van der Waals surface area contributed by atoms with Gasteiger partial charge in [0.25, 0.3) is 5.91 Å². The van der Waals surface area contributed by atoms with Gasteiger partial charge in [-0.3, -0.25) is 4.79 Å². The SMILES string of the molecule is O=C(Nc1cc(F)ccc1N1CCOCC1)c1ccco1. The van der Waals surface area contributed by atoms with E-state index in [0.717, 1.165) is 5.69 Å². The molecule has 0 bridgehead atoms. The number of hydrogen-bond donors (Lipinski definition) is 1. The zero-order valence-electron chi connectivity index (χ0n) is 11.3. The van der Waals surface area contributed by atoms with Gasteiger partial charge in [-0.15, -0.1) is 0 Å². The fraction of sp³-hybridized carbons (Fsp3) is 0.267. The van der Waals surface area contributed by atoms with Crippen LogP contribution in [-0.4, -0.2) is 32.2 Å². The van der Waals surface area contributed by atoms with E-state index in [0.29, 0.717) is 32.0 Å². The van der Waals surface area contributed by atoms with E-state index in [1.807, 2.05) is 0 Å². The minimum absolute atomic E-state index is 0.187. The molecule has 21 heavy (non-hydrogen) atoms. The minimum Gasteiger partial charge on any atom is -0.459 e. The highest BCUT2D eigenvalue weighted by Crippen LogP contribution is 2.28. The zero-order valence-corrected chi connectivity index (χ0v) is 11.3. The third kappa shape index (κ3) is 3.05. The Bertz CT molecular complexity index is 622. The van der Waals surface area contributed by atoms with Crippen LogP contribution in [0, 0.1) is 5.82 Å². The summed E-state index contributed by atoms with van der Waals surface area (Å²) in [6, 6.07) is 7.55.